The maximum absolute atomic E-state index is 13.0. The number of nitrogens with one attached hydrogen (secondary N) is 1. The number of carbonyl (C=O) groups excluding carboxylic acids is 1. The third-order valence-corrected chi connectivity index (χ3v) is 4.41. The Bertz CT molecular complexity index is 1090. The maximum atomic E-state index is 13.0. The van der Waals surface area contributed by atoms with Crippen molar-refractivity contribution in [1.82, 2.24) is 10.1 Å². The van der Waals surface area contributed by atoms with E-state index < -0.39 is 0 Å². The molecule has 0 spiro atoms. The molecule has 0 atom stereocenters. The number of halogens is 1. The van der Waals surface area contributed by atoms with Crippen LogP contribution in [0.3, 0.4) is 0 Å². The Hall–Kier alpha value is -3.80. The summed E-state index contributed by atoms with van der Waals surface area (Å²) in [4.78, 5) is 16.5. The van der Waals surface area contributed by atoms with Crippen LogP contribution in [0.4, 0.5) is 10.1 Å². The number of aryl methyl sites for hydroxylation is 1. The predicted molar refractivity (Wildman–Crippen MR) is 109 cm³/mol. The first-order valence-electron chi connectivity index (χ1n) is 9.21. The van der Waals surface area contributed by atoms with Crippen LogP contribution < -0.4 is 5.32 Å². The molecule has 0 radical (unpaired) electrons. The van der Waals surface area contributed by atoms with E-state index in [1.807, 2.05) is 54.6 Å². The molecule has 0 fully saturated rings. The first kappa shape index (κ1) is 18.6. The quantitative estimate of drug-likeness (QED) is 0.499. The number of benzene rings is 3. The molecule has 0 saturated carbocycles. The summed E-state index contributed by atoms with van der Waals surface area (Å²) in [5.74, 6) is 0.265. The van der Waals surface area contributed by atoms with Gasteiger partial charge in [0.25, 0.3) is 0 Å². The molecule has 5 nitrogen and oxygen atoms in total. The third-order valence-electron chi connectivity index (χ3n) is 4.41. The Balaban J connectivity index is 1.32. The lowest BCUT2D eigenvalue weighted by Gasteiger charge is -2.06. The fourth-order valence-electron chi connectivity index (χ4n) is 2.89. The van der Waals surface area contributed by atoms with Crippen molar-refractivity contribution in [3.05, 3.63) is 90.6 Å². The summed E-state index contributed by atoms with van der Waals surface area (Å²) >= 11 is 0. The highest BCUT2D eigenvalue weighted by Gasteiger charge is 2.11. The summed E-state index contributed by atoms with van der Waals surface area (Å²) in [6.07, 6.45) is 0.535. The molecular formula is C23H18FN3O2. The minimum Gasteiger partial charge on any atom is -0.339 e. The van der Waals surface area contributed by atoms with Crippen LogP contribution in [0.5, 0.6) is 0 Å². The molecule has 29 heavy (non-hydrogen) atoms. The lowest BCUT2D eigenvalue weighted by atomic mass is 10.1. The van der Waals surface area contributed by atoms with Crippen LogP contribution in [-0.4, -0.2) is 16.0 Å². The lowest BCUT2D eigenvalue weighted by molar-refractivity contribution is -0.116. The van der Waals surface area contributed by atoms with Gasteiger partial charge in [-0.2, -0.15) is 4.98 Å². The van der Waals surface area contributed by atoms with E-state index in [1.165, 1.54) is 12.1 Å². The molecule has 3 aromatic carbocycles. The number of rotatable bonds is 6. The van der Waals surface area contributed by atoms with Crippen LogP contribution in [0.1, 0.15) is 12.3 Å². The zero-order chi connectivity index (χ0) is 20.1. The van der Waals surface area contributed by atoms with E-state index in [2.05, 4.69) is 15.5 Å². The molecule has 1 aromatic heterocycles. The van der Waals surface area contributed by atoms with Crippen molar-refractivity contribution < 1.29 is 13.7 Å². The first-order valence-corrected chi connectivity index (χ1v) is 9.21. The molecule has 0 bridgehead atoms. The molecule has 4 rings (SSSR count). The van der Waals surface area contributed by atoms with E-state index in [1.54, 1.807) is 12.1 Å². The van der Waals surface area contributed by atoms with E-state index in [-0.39, 0.29) is 18.1 Å². The molecule has 6 heteroatoms. The fraction of sp³-hybridized carbons (Fsp3) is 0.0870. The van der Waals surface area contributed by atoms with Crippen molar-refractivity contribution in [2.75, 3.05) is 5.32 Å². The fourth-order valence-corrected chi connectivity index (χ4v) is 2.89. The Kier molecular flexibility index (Phi) is 5.42. The van der Waals surface area contributed by atoms with Crippen molar-refractivity contribution in [1.29, 1.82) is 0 Å². The highest BCUT2D eigenvalue weighted by Crippen LogP contribution is 2.21. The van der Waals surface area contributed by atoms with E-state index in [9.17, 15) is 9.18 Å². The van der Waals surface area contributed by atoms with Crippen LogP contribution in [0.25, 0.3) is 22.5 Å². The average molecular weight is 387 g/mol. The molecule has 0 unspecified atom stereocenters. The molecule has 0 saturated heterocycles. The maximum Gasteiger partial charge on any atom is 0.227 e. The summed E-state index contributed by atoms with van der Waals surface area (Å²) in [5, 5.41) is 6.74. The molecule has 4 aromatic rings. The van der Waals surface area contributed by atoms with Crippen LogP contribution in [0.15, 0.2) is 83.4 Å². The monoisotopic (exact) mass is 387 g/mol. The van der Waals surface area contributed by atoms with Crippen LogP contribution >= 0.6 is 0 Å². The standard InChI is InChI=1S/C23H18FN3O2/c24-19-10-6-18(7-11-19)23-26-22(29-27-23)15-14-21(28)25-20-12-8-17(9-13-20)16-4-2-1-3-5-16/h1-13H,14-15H2,(H,25,28). The third kappa shape index (κ3) is 4.73. The van der Waals surface area contributed by atoms with Gasteiger partial charge >= 0.3 is 0 Å². The minimum atomic E-state index is -0.328. The van der Waals surface area contributed by atoms with Gasteiger partial charge in [-0.05, 0) is 47.5 Å². The van der Waals surface area contributed by atoms with E-state index >= 15 is 0 Å². The molecule has 0 aliphatic carbocycles. The van der Waals surface area contributed by atoms with Crippen LogP contribution in [-0.2, 0) is 11.2 Å². The van der Waals surface area contributed by atoms with Gasteiger partial charge in [-0.3, -0.25) is 4.79 Å². The Morgan fingerprint density at radius 2 is 1.52 bits per heavy atom. The Morgan fingerprint density at radius 1 is 0.862 bits per heavy atom. The largest absolute Gasteiger partial charge is 0.339 e. The molecule has 0 aliphatic heterocycles. The van der Waals surface area contributed by atoms with Gasteiger partial charge in [0.15, 0.2) is 0 Å². The number of anilines is 1. The highest BCUT2D eigenvalue weighted by atomic mass is 19.1. The van der Waals surface area contributed by atoms with Gasteiger partial charge < -0.3 is 9.84 Å². The number of hydrogen-bond acceptors (Lipinski definition) is 4. The second-order valence-electron chi connectivity index (χ2n) is 6.51. The molecule has 0 aliphatic rings. The van der Waals surface area contributed by atoms with Crippen molar-refractivity contribution >= 4 is 11.6 Å². The summed E-state index contributed by atoms with van der Waals surface area (Å²) in [5.41, 5.74) is 3.60. The Labute approximate surface area is 167 Å². The molecule has 1 amide bonds. The smallest absolute Gasteiger partial charge is 0.227 e. The van der Waals surface area contributed by atoms with Crippen molar-refractivity contribution in [2.45, 2.75) is 12.8 Å². The lowest BCUT2D eigenvalue weighted by Crippen LogP contribution is -2.12. The number of nitrogens with zero attached hydrogens (tertiary/aromatic N) is 2. The molecule has 144 valence electrons. The topological polar surface area (TPSA) is 68.0 Å². The van der Waals surface area contributed by atoms with Gasteiger partial charge in [-0.15, -0.1) is 0 Å². The first-order chi connectivity index (χ1) is 14.2. The highest BCUT2D eigenvalue weighted by molar-refractivity contribution is 5.91. The zero-order valence-corrected chi connectivity index (χ0v) is 15.5. The van der Waals surface area contributed by atoms with Crippen LogP contribution in [0.2, 0.25) is 0 Å². The van der Waals surface area contributed by atoms with Crippen molar-refractivity contribution in [2.24, 2.45) is 0 Å². The van der Waals surface area contributed by atoms with Gasteiger partial charge in [0.1, 0.15) is 5.82 Å². The van der Waals surface area contributed by atoms with E-state index in [0.29, 0.717) is 23.7 Å². The number of aromatic nitrogens is 2. The van der Waals surface area contributed by atoms with Gasteiger partial charge in [0, 0.05) is 24.1 Å². The summed E-state index contributed by atoms with van der Waals surface area (Å²) in [7, 11) is 0. The van der Waals surface area contributed by atoms with Crippen molar-refractivity contribution in [3.8, 4) is 22.5 Å². The second kappa shape index (κ2) is 8.48. The predicted octanol–water partition coefficient (Wildman–Crippen LogP) is 5.11. The summed E-state index contributed by atoms with van der Waals surface area (Å²) in [6.45, 7) is 0. The number of carbonyl (C=O) groups is 1. The van der Waals surface area contributed by atoms with E-state index in [4.69, 9.17) is 4.52 Å². The minimum absolute atomic E-state index is 0.140. The zero-order valence-electron chi connectivity index (χ0n) is 15.5. The molecule has 1 N–H and O–H groups in total. The number of amides is 1. The van der Waals surface area contributed by atoms with E-state index in [0.717, 1.165) is 16.8 Å². The van der Waals surface area contributed by atoms with Gasteiger partial charge in [-0.1, -0.05) is 47.6 Å². The van der Waals surface area contributed by atoms with Gasteiger partial charge in [0.05, 0.1) is 0 Å². The van der Waals surface area contributed by atoms with Crippen molar-refractivity contribution in [3.63, 3.8) is 0 Å². The van der Waals surface area contributed by atoms with Gasteiger partial charge in [0.2, 0.25) is 17.6 Å². The average Bonchev–Trinajstić information content (AvgIpc) is 3.23. The summed E-state index contributed by atoms with van der Waals surface area (Å²) in [6, 6.07) is 23.6. The molecule has 1 heterocycles. The van der Waals surface area contributed by atoms with Gasteiger partial charge in [-0.25, -0.2) is 4.39 Å². The second-order valence-corrected chi connectivity index (χ2v) is 6.51. The normalized spacial score (nSPS) is 10.7. The van der Waals surface area contributed by atoms with Crippen LogP contribution in [0, 0.1) is 5.82 Å². The Morgan fingerprint density at radius 3 is 2.24 bits per heavy atom. The number of hydrogen-bond donors (Lipinski definition) is 1. The summed E-state index contributed by atoms with van der Waals surface area (Å²) < 4.78 is 18.2. The SMILES string of the molecule is O=C(CCc1nc(-c2ccc(F)cc2)no1)Nc1ccc(-c2ccccc2)cc1. The molecular weight excluding hydrogens is 369 g/mol.